The predicted octanol–water partition coefficient (Wildman–Crippen LogP) is 3.11. The lowest BCUT2D eigenvalue weighted by Gasteiger charge is -2.31. The van der Waals surface area contributed by atoms with Crippen LogP contribution in [0.4, 0.5) is 0 Å². The quantitative estimate of drug-likeness (QED) is 0.797. The molecule has 4 heteroatoms. The minimum absolute atomic E-state index is 0.333. The summed E-state index contributed by atoms with van der Waals surface area (Å²) in [6.07, 6.45) is 8.16. The first-order chi connectivity index (χ1) is 8.79. The van der Waals surface area contributed by atoms with Gasteiger partial charge in [0.15, 0.2) is 0 Å². The fourth-order valence-electron chi connectivity index (χ4n) is 2.93. The van der Waals surface area contributed by atoms with Crippen molar-refractivity contribution in [3.8, 4) is 0 Å². The first-order valence-electron chi connectivity index (χ1n) is 7.17. The van der Waals surface area contributed by atoms with Crippen molar-refractivity contribution in [2.45, 2.75) is 57.5 Å². The number of thiazole rings is 1. The van der Waals surface area contributed by atoms with E-state index in [-0.39, 0.29) is 0 Å². The van der Waals surface area contributed by atoms with Gasteiger partial charge in [-0.05, 0) is 32.2 Å². The number of nitrogens with zero attached hydrogens (tertiary/aromatic N) is 1. The molecule has 2 heterocycles. The van der Waals surface area contributed by atoms with Gasteiger partial charge in [-0.3, -0.25) is 0 Å². The van der Waals surface area contributed by atoms with E-state index >= 15 is 0 Å². The molecular weight excluding hydrogens is 242 g/mol. The van der Waals surface area contributed by atoms with Gasteiger partial charge < -0.3 is 10.6 Å². The van der Waals surface area contributed by atoms with Crippen molar-refractivity contribution in [2.24, 2.45) is 0 Å². The number of nitrogens with one attached hydrogen (secondary N) is 2. The summed E-state index contributed by atoms with van der Waals surface area (Å²) in [5, 5.41) is 10.7. The molecule has 0 aliphatic carbocycles. The smallest absolute Gasteiger partial charge is 0.109 e. The minimum Gasteiger partial charge on any atom is -0.310 e. The Morgan fingerprint density at radius 2 is 2.44 bits per heavy atom. The summed E-state index contributed by atoms with van der Waals surface area (Å²) in [6.45, 7) is 6.75. The van der Waals surface area contributed by atoms with Gasteiger partial charge in [0.1, 0.15) is 5.01 Å². The summed E-state index contributed by atoms with van der Waals surface area (Å²) in [5.41, 5.74) is 0.333. The van der Waals surface area contributed by atoms with Crippen LogP contribution in [0, 0.1) is 0 Å². The molecule has 1 aromatic heterocycles. The highest BCUT2D eigenvalue weighted by molar-refractivity contribution is 7.09. The second-order valence-electron chi connectivity index (χ2n) is 5.27. The van der Waals surface area contributed by atoms with Crippen molar-refractivity contribution in [2.75, 3.05) is 13.1 Å². The Morgan fingerprint density at radius 3 is 3.00 bits per heavy atom. The van der Waals surface area contributed by atoms with Crippen LogP contribution in [0.1, 0.15) is 57.0 Å². The Balaban J connectivity index is 1.92. The summed E-state index contributed by atoms with van der Waals surface area (Å²) < 4.78 is 0. The summed E-state index contributed by atoms with van der Waals surface area (Å²) in [4.78, 5) is 4.44. The topological polar surface area (TPSA) is 37.0 Å². The number of aromatic nitrogens is 1. The maximum absolute atomic E-state index is 4.44. The molecule has 0 radical (unpaired) electrons. The van der Waals surface area contributed by atoms with Crippen LogP contribution in [0.5, 0.6) is 0 Å². The third kappa shape index (κ3) is 3.31. The molecule has 0 bridgehead atoms. The van der Waals surface area contributed by atoms with Gasteiger partial charge in [0.05, 0.1) is 6.04 Å². The number of rotatable bonds is 7. The molecule has 0 amide bonds. The van der Waals surface area contributed by atoms with E-state index in [1.807, 2.05) is 6.20 Å². The van der Waals surface area contributed by atoms with Crippen molar-refractivity contribution < 1.29 is 0 Å². The molecule has 1 saturated heterocycles. The third-order valence-electron chi connectivity index (χ3n) is 3.91. The second-order valence-corrected chi connectivity index (χ2v) is 6.20. The fourth-order valence-corrected chi connectivity index (χ4v) is 3.73. The molecule has 1 aromatic rings. The minimum atomic E-state index is 0.333. The van der Waals surface area contributed by atoms with E-state index in [0.717, 1.165) is 13.0 Å². The van der Waals surface area contributed by atoms with Gasteiger partial charge in [-0.15, -0.1) is 11.3 Å². The fraction of sp³-hybridized carbons (Fsp3) is 0.786. The molecule has 0 saturated carbocycles. The van der Waals surface area contributed by atoms with Gasteiger partial charge in [0.25, 0.3) is 0 Å². The van der Waals surface area contributed by atoms with Crippen LogP contribution in [-0.4, -0.2) is 23.6 Å². The van der Waals surface area contributed by atoms with Crippen molar-refractivity contribution in [1.29, 1.82) is 0 Å². The summed E-state index contributed by atoms with van der Waals surface area (Å²) in [5.74, 6) is 0. The van der Waals surface area contributed by atoms with E-state index in [9.17, 15) is 0 Å². The van der Waals surface area contributed by atoms with Crippen LogP contribution >= 0.6 is 11.3 Å². The van der Waals surface area contributed by atoms with Gasteiger partial charge >= 0.3 is 0 Å². The van der Waals surface area contributed by atoms with Crippen molar-refractivity contribution in [3.05, 3.63) is 16.6 Å². The molecule has 102 valence electrons. The molecule has 0 spiro atoms. The molecule has 1 aliphatic rings. The summed E-state index contributed by atoms with van der Waals surface area (Å²) in [6, 6.07) is 0.418. The zero-order valence-electron chi connectivity index (χ0n) is 11.5. The normalized spacial score (nSPS) is 25.4. The van der Waals surface area contributed by atoms with Crippen molar-refractivity contribution in [3.63, 3.8) is 0 Å². The molecule has 2 unspecified atom stereocenters. The highest BCUT2D eigenvalue weighted by atomic mass is 32.1. The maximum Gasteiger partial charge on any atom is 0.109 e. The van der Waals surface area contributed by atoms with Crippen LogP contribution in [-0.2, 0) is 0 Å². The SMILES string of the molecule is CCCC1(CNC(CC)c2nccs2)CCCN1. The van der Waals surface area contributed by atoms with Crippen LogP contribution in [0.15, 0.2) is 11.6 Å². The monoisotopic (exact) mass is 267 g/mol. The van der Waals surface area contributed by atoms with E-state index < -0.39 is 0 Å². The predicted molar refractivity (Wildman–Crippen MR) is 78.0 cm³/mol. The van der Waals surface area contributed by atoms with E-state index in [1.165, 1.54) is 37.2 Å². The maximum atomic E-state index is 4.44. The standard InChI is InChI=1S/C14H25N3S/c1-3-6-14(7-5-8-17-14)11-16-12(4-2)13-15-9-10-18-13/h9-10,12,16-17H,3-8,11H2,1-2H3. The average molecular weight is 267 g/mol. The van der Waals surface area contributed by atoms with Crippen molar-refractivity contribution in [1.82, 2.24) is 15.6 Å². The molecule has 0 aromatic carbocycles. The second kappa shape index (κ2) is 6.64. The lowest BCUT2D eigenvalue weighted by molar-refractivity contribution is 0.307. The van der Waals surface area contributed by atoms with E-state index in [1.54, 1.807) is 11.3 Å². The highest BCUT2D eigenvalue weighted by Gasteiger charge is 2.32. The van der Waals surface area contributed by atoms with Crippen LogP contribution < -0.4 is 10.6 Å². The van der Waals surface area contributed by atoms with Gasteiger partial charge in [-0.1, -0.05) is 20.3 Å². The van der Waals surface area contributed by atoms with E-state index in [4.69, 9.17) is 0 Å². The van der Waals surface area contributed by atoms with Gasteiger partial charge in [-0.2, -0.15) is 0 Å². The molecule has 3 nitrogen and oxygen atoms in total. The van der Waals surface area contributed by atoms with E-state index in [2.05, 4.69) is 34.8 Å². The van der Waals surface area contributed by atoms with Crippen molar-refractivity contribution >= 4 is 11.3 Å². The first-order valence-corrected chi connectivity index (χ1v) is 8.05. The summed E-state index contributed by atoms with van der Waals surface area (Å²) in [7, 11) is 0. The molecule has 1 fully saturated rings. The Bertz CT molecular complexity index is 331. The van der Waals surface area contributed by atoms with Gasteiger partial charge in [0, 0.05) is 23.7 Å². The molecule has 1 aliphatic heterocycles. The van der Waals surface area contributed by atoms with Crippen LogP contribution in [0.3, 0.4) is 0 Å². The van der Waals surface area contributed by atoms with Gasteiger partial charge in [0.2, 0.25) is 0 Å². The molecule has 2 rings (SSSR count). The Kier molecular flexibility index (Phi) is 5.15. The van der Waals surface area contributed by atoms with E-state index in [0.29, 0.717) is 11.6 Å². The number of hydrogen-bond donors (Lipinski definition) is 2. The Morgan fingerprint density at radius 1 is 1.56 bits per heavy atom. The third-order valence-corrected chi connectivity index (χ3v) is 4.79. The molecule has 2 atom stereocenters. The summed E-state index contributed by atoms with van der Waals surface area (Å²) >= 11 is 1.76. The number of hydrogen-bond acceptors (Lipinski definition) is 4. The lowest BCUT2D eigenvalue weighted by Crippen LogP contribution is -2.49. The molecular formula is C14H25N3S. The van der Waals surface area contributed by atoms with Crippen LogP contribution in [0.2, 0.25) is 0 Å². The Hall–Kier alpha value is -0.450. The highest BCUT2D eigenvalue weighted by Crippen LogP contribution is 2.26. The zero-order chi connectivity index (χ0) is 12.8. The van der Waals surface area contributed by atoms with Crippen LogP contribution in [0.25, 0.3) is 0 Å². The Labute approximate surface area is 114 Å². The molecule has 2 N–H and O–H groups in total. The average Bonchev–Trinajstić information content (AvgIpc) is 3.02. The first kappa shape index (κ1) is 14.0. The zero-order valence-corrected chi connectivity index (χ0v) is 12.4. The van der Waals surface area contributed by atoms with Gasteiger partial charge in [-0.25, -0.2) is 4.98 Å². The largest absolute Gasteiger partial charge is 0.310 e. The molecule has 18 heavy (non-hydrogen) atoms. The lowest BCUT2D eigenvalue weighted by atomic mass is 9.91.